The van der Waals surface area contributed by atoms with Crippen LogP contribution >= 0.6 is 0 Å². The number of carboxylic acids is 1. The van der Waals surface area contributed by atoms with Crippen LogP contribution < -0.4 is 10.6 Å². The average molecular weight is 341 g/mol. The molecule has 1 aliphatic rings. The second kappa shape index (κ2) is 6.97. The maximum Gasteiger partial charge on any atom is 0.329 e. The molecule has 9 heteroatoms. The minimum atomic E-state index is -3.93. The number of hydrogen-bond acceptors (Lipinski definition) is 7. The van der Waals surface area contributed by atoms with E-state index in [-0.39, 0.29) is 17.9 Å². The largest absolute Gasteiger partial charge is 0.548 e. The predicted molar refractivity (Wildman–Crippen MR) is 78.4 cm³/mol. The van der Waals surface area contributed by atoms with E-state index in [1.54, 1.807) is 0 Å². The van der Waals surface area contributed by atoms with Crippen molar-refractivity contribution in [2.45, 2.75) is 37.1 Å². The van der Waals surface area contributed by atoms with E-state index in [2.05, 4.69) is 10.3 Å². The number of carbonyl (C=O) groups excluding carboxylic acids is 2. The van der Waals surface area contributed by atoms with Crippen molar-refractivity contribution < 1.29 is 28.0 Å². The molecule has 0 aromatic heterocycles. The summed E-state index contributed by atoms with van der Waals surface area (Å²) in [7, 11) is -3.93. The van der Waals surface area contributed by atoms with Gasteiger partial charge in [0.25, 0.3) is 0 Å². The Bertz CT molecular complexity index is 686. The first-order valence-corrected chi connectivity index (χ1v) is 8.52. The highest BCUT2D eigenvalue weighted by atomic mass is 32.2. The minimum absolute atomic E-state index is 0.0287. The highest BCUT2D eigenvalue weighted by Crippen LogP contribution is 2.26. The van der Waals surface area contributed by atoms with Gasteiger partial charge in [0.1, 0.15) is 0 Å². The van der Waals surface area contributed by atoms with Crippen molar-refractivity contribution in [3.8, 4) is 0 Å². The van der Waals surface area contributed by atoms with Gasteiger partial charge in [-0.15, -0.1) is 0 Å². The van der Waals surface area contributed by atoms with Gasteiger partial charge in [-0.1, -0.05) is 6.42 Å². The van der Waals surface area contributed by atoms with Crippen LogP contribution in [0.2, 0.25) is 0 Å². The molecular weight excluding hydrogens is 324 g/mol. The van der Waals surface area contributed by atoms with Crippen LogP contribution in [0.15, 0.2) is 29.2 Å². The number of carboxylic acid groups (broad SMARTS) is 1. The van der Waals surface area contributed by atoms with E-state index >= 15 is 0 Å². The third-order valence-corrected chi connectivity index (χ3v) is 5.42. The Morgan fingerprint density at radius 2 is 1.91 bits per heavy atom. The molecule has 0 radical (unpaired) electrons. The maximum absolute atomic E-state index is 12.6. The average Bonchev–Trinajstić information content (AvgIpc) is 2.53. The van der Waals surface area contributed by atoms with Gasteiger partial charge in [0.15, 0.2) is 0 Å². The number of nitrogens with one attached hydrogen (secondary N) is 1. The summed E-state index contributed by atoms with van der Waals surface area (Å²) in [4.78, 5) is 26.4. The molecular formula is C14H17N2O6S-. The van der Waals surface area contributed by atoms with E-state index in [0.717, 1.165) is 4.31 Å². The molecule has 0 unspecified atom stereocenters. The molecule has 1 saturated heterocycles. The molecule has 1 N–H and O–H groups in total. The van der Waals surface area contributed by atoms with Crippen molar-refractivity contribution in [2.24, 2.45) is 0 Å². The molecule has 8 nitrogen and oxygen atoms in total. The van der Waals surface area contributed by atoms with E-state index in [4.69, 9.17) is 0 Å². The van der Waals surface area contributed by atoms with Crippen LogP contribution in [0.1, 0.15) is 26.2 Å². The first kappa shape index (κ1) is 17.2. The smallest absolute Gasteiger partial charge is 0.329 e. The summed E-state index contributed by atoms with van der Waals surface area (Å²) >= 11 is 0. The van der Waals surface area contributed by atoms with Gasteiger partial charge >= 0.3 is 5.97 Å². The van der Waals surface area contributed by atoms with Gasteiger partial charge in [-0.25, -0.2) is 13.9 Å². The van der Waals surface area contributed by atoms with Crippen LogP contribution in [-0.4, -0.2) is 37.2 Å². The fraction of sp³-hybridized carbons (Fsp3) is 0.429. The predicted octanol–water partition coefficient (Wildman–Crippen LogP) is -0.130. The highest BCUT2D eigenvalue weighted by molar-refractivity contribution is 7.89. The van der Waals surface area contributed by atoms with Crippen molar-refractivity contribution >= 4 is 27.6 Å². The minimum Gasteiger partial charge on any atom is -0.548 e. The molecule has 2 rings (SSSR count). The molecule has 23 heavy (non-hydrogen) atoms. The quantitative estimate of drug-likeness (QED) is 0.742. The molecule has 1 aromatic carbocycles. The summed E-state index contributed by atoms with van der Waals surface area (Å²) < 4.78 is 26.2. The summed E-state index contributed by atoms with van der Waals surface area (Å²) in [6, 6.07) is 4.35. The molecule has 0 saturated carbocycles. The monoisotopic (exact) mass is 341 g/mol. The molecule has 1 atom stereocenters. The lowest BCUT2D eigenvalue weighted by Gasteiger charge is -2.35. The number of nitrogens with zero attached hydrogens (tertiary/aromatic N) is 1. The van der Waals surface area contributed by atoms with Crippen molar-refractivity contribution in [3.63, 3.8) is 0 Å². The van der Waals surface area contributed by atoms with Gasteiger partial charge in [0.05, 0.1) is 22.6 Å². The third kappa shape index (κ3) is 3.99. The van der Waals surface area contributed by atoms with E-state index in [0.29, 0.717) is 18.5 Å². The zero-order valence-electron chi connectivity index (χ0n) is 12.5. The van der Waals surface area contributed by atoms with Crippen LogP contribution in [0.3, 0.4) is 0 Å². The number of rotatable bonds is 5. The molecule has 1 fully saturated rings. The van der Waals surface area contributed by atoms with E-state index in [1.165, 1.54) is 31.2 Å². The molecule has 0 bridgehead atoms. The number of sulfonamides is 1. The maximum atomic E-state index is 12.6. The summed E-state index contributed by atoms with van der Waals surface area (Å²) in [6.45, 7) is 1.37. The number of piperidine rings is 1. The van der Waals surface area contributed by atoms with E-state index in [9.17, 15) is 23.1 Å². The molecule has 1 aliphatic heterocycles. The number of hydrogen-bond donors (Lipinski definition) is 1. The highest BCUT2D eigenvalue weighted by Gasteiger charge is 2.34. The van der Waals surface area contributed by atoms with Crippen molar-refractivity contribution in [1.82, 2.24) is 4.31 Å². The Labute approximate surface area is 134 Å². The zero-order chi connectivity index (χ0) is 17.0. The summed E-state index contributed by atoms with van der Waals surface area (Å²) in [5.74, 6) is -1.92. The standard InChI is InChI=1S/C14H18N2O6S/c1-10(17)22-15-11-5-7-12(8-6-11)23(20,21)16-9-3-2-4-13(16)14(18)19/h5-8,13,15H,2-4,9H2,1H3,(H,18,19)/p-1/t13-/m1/s1. The van der Waals surface area contributed by atoms with E-state index < -0.39 is 28.0 Å². The van der Waals surface area contributed by atoms with Crippen LogP contribution in [-0.2, 0) is 24.4 Å². The summed E-state index contributed by atoms with van der Waals surface area (Å²) in [6.07, 6.45) is 1.50. The Hall–Kier alpha value is -2.13. The molecule has 0 aliphatic carbocycles. The normalized spacial score (nSPS) is 19.1. The fourth-order valence-electron chi connectivity index (χ4n) is 2.39. The summed E-state index contributed by atoms with van der Waals surface area (Å²) in [5.41, 5.74) is 2.76. The lowest BCUT2D eigenvalue weighted by Crippen LogP contribution is -2.52. The zero-order valence-corrected chi connectivity index (χ0v) is 13.3. The molecule has 1 aromatic rings. The lowest BCUT2D eigenvalue weighted by atomic mass is 10.1. The number of anilines is 1. The van der Waals surface area contributed by atoms with Crippen molar-refractivity contribution in [2.75, 3.05) is 12.0 Å². The second-order valence-electron chi connectivity index (χ2n) is 5.17. The van der Waals surface area contributed by atoms with Gasteiger partial charge in [-0.05, 0) is 37.1 Å². The topological polar surface area (TPSA) is 116 Å². The van der Waals surface area contributed by atoms with Gasteiger partial charge in [-0.2, -0.15) is 4.31 Å². The van der Waals surface area contributed by atoms with Crippen LogP contribution in [0.5, 0.6) is 0 Å². The Balaban J connectivity index is 2.21. The number of carbonyl (C=O) groups is 2. The Morgan fingerprint density at radius 3 is 2.48 bits per heavy atom. The Kier molecular flexibility index (Phi) is 5.22. The molecule has 0 amide bonds. The fourth-order valence-corrected chi connectivity index (χ4v) is 4.04. The number of benzene rings is 1. The first-order valence-electron chi connectivity index (χ1n) is 7.08. The number of aliphatic carboxylic acids is 1. The van der Waals surface area contributed by atoms with Crippen LogP contribution in [0.25, 0.3) is 0 Å². The van der Waals surface area contributed by atoms with Crippen molar-refractivity contribution in [1.29, 1.82) is 0 Å². The van der Waals surface area contributed by atoms with Gasteiger partial charge in [0.2, 0.25) is 10.0 Å². The van der Waals surface area contributed by atoms with Crippen LogP contribution in [0.4, 0.5) is 5.69 Å². The van der Waals surface area contributed by atoms with Crippen LogP contribution in [0, 0.1) is 0 Å². The Morgan fingerprint density at radius 1 is 1.26 bits per heavy atom. The third-order valence-electron chi connectivity index (χ3n) is 3.50. The molecule has 0 spiro atoms. The van der Waals surface area contributed by atoms with Gasteiger partial charge < -0.3 is 14.7 Å². The SMILES string of the molecule is CC(=O)ONc1ccc(S(=O)(=O)N2CCCC[C@@H]2C(=O)[O-])cc1. The molecule has 126 valence electrons. The van der Waals surface area contributed by atoms with E-state index in [1.807, 2.05) is 0 Å². The second-order valence-corrected chi connectivity index (χ2v) is 7.06. The lowest BCUT2D eigenvalue weighted by molar-refractivity contribution is -0.311. The van der Waals surface area contributed by atoms with Gasteiger partial charge in [-0.3, -0.25) is 4.79 Å². The van der Waals surface area contributed by atoms with Crippen molar-refractivity contribution in [3.05, 3.63) is 24.3 Å². The molecule has 1 heterocycles. The summed E-state index contributed by atoms with van der Waals surface area (Å²) in [5, 5.41) is 11.2. The van der Waals surface area contributed by atoms with Gasteiger partial charge in [0, 0.05) is 13.5 Å². The first-order chi connectivity index (χ1) is 10.8.